The molecule has 0 aromatic rings. The molecule has 0 saturated carbocycles. The second kappa shape index (κ2) is 3.67. The van der Waals surface area contributed by atoms with Crippen LogP contribution in [0.3, 0.4) is 0 Å². The molecule has 0 aromatic heterocycles. The minimum absolute atomic E-state index is 0. The van der Waals surface area contributed by atoms with Gasteiger partial charge in [0.1, 0.15) is 8.48 Å². The third kappa shape index (κ3) is 43.5. The minimum atomic E-state index is -3.53. The van der Waals surface area contributed by atoms with Gasteiger partial charge in [0.2, 0.25) is 0 Å². The van der Waals surface area contributed by atoms with Crippen molar-refractivity contribution < 1.29 is 13.0 Å². The van der Waals surface area contributed by atoms with E-state index in [0.717, 1.165) is 0 Å². The van der Waals surface area contributed by atoms with E-state index in [4.69, 9.17) is 4.55 Å². The average molecular weight is 152 g/mol. The summed E-state index contributed by atoms with van der Waals surface area (Å²) in [5.74, 6) is 0. The standard InChI is InChI=1S/Al.Ca.HO3S.4H/c;;1-4(2)3;;;;/h;;(H,1,2,3);;;;. The van der Waals surface area contributed by atoms with Crippen LogP contribution >= 0.6 is 0 Å². The van der Waals surface area contributed by atoms with Crippen LogP contribution in [0.5, 0.6) is 0 Å². The van der Waals surface area contributed by atoms with Gasteiger partial charge in [0, 0.05) is 0 Å². The summed E-state index contributed by atoms with van der Waals surface area (Å²) in [5.41, 5.74) is 0. The first-order chi connectivity index (χ1) is 2.00. The van der Waals surface area contributed by atoms with Crippen molar-refractivity contribution >= 4 is 61.4 Å². The van der Waals surface area contributed by atoms with Crippen molar-refractivity contribution in [2.24, 2.45) is 0 Å². The van der Waals surface area contributed by atoms with Crippen molar-refractivity contribution in [1.82, 2.24) is 0 Å². The Balaban J connectivity index is 0. The molecule has 0 atom stereocenters. The first-order valence-electron chi connectivity index (χ1n) is 0.924. The maximum atomic E-state index is 9.25. The van der Waals surface area contributed by atoms with Crippen LogP contribution in [0, 0.1) is 0 Å². The molecule has 0 amide bonds. The van der Waals surface area contributed by atoms with Crippen LogP contribution in [0.1, 0.15) is 0 Å². The molecule has 0 spiro atoms. The van der Waals surface area contributed by atoms with Crippen molar-refractivity contribution in [3.63, 3.8) is 0 Å². The van der Waals surface area contributed by atoms with E-state index in [1.165, 1.54) is 0 Å². The maximum absolute atomic E-state index is 9.25. The van der Waals surface area contributed by atoms with Crippen molar-refractivity contribution in [3.05, 3.63) is 0 Å². The fourth-order valence-electron chi connectivity index (χ4n) is 0. The van der Waals surface area contributed by atoms with Gasteiger partial charge in [-0.25, -0.2) is 8.42 Å². The van der Waals surface area contributed by atoms with Crippen LogP contribution in [-0.4, -0.2) is 65.9 Å². The Morgan fingerprint density at radius 1 is 1.50 bits per heavy atom. The summed E-state index contributed by atoms with van der Waals surface area (Å²) in [6.07, 6.45) is 0. The average Bonchev–Trinajstić information content (AvgIpc) is 0.722. The van der Waals surface area contributed by atoms with Crippen LogP contribution < -0.4 is 0 Å². The van der Waals surface area contributed by atoms with E-state index in [1.807, 2.05) is 0 Å². The molecule has 6 heteroatoms. The van der Waals surface area contributed by atoms with Crippen molar-refractivity contribution in [2.75, 3.05) is 0 Å². The van der Waals surface area contributed by atoms with Crippen LogP contribution in [-0.2, 0) is 8.48 Å². The van der Waals surface area contributed by atoms with Crippen LogP contribution in [0.15, 0.2) is 0 Å². The summed E-state index contributed by atoms with van der Waals surface area (Å²) in [6, 6.07) is 0. The molecule has 34 valence electrons. The quantitative estimate of drug-likeness (QED) is 0.308. The Bertz CT molecular complexity index is 94.0. The van der Waals surface area contributed by atoms with Crippen LogP contribution in [0.25, 0.3) is 0 Å². The molecule has 0 fully saturated rings. The zero-order valence-corrected chi connectivity index (χ0v) is 5.49. The first-order valence-corrected chi connectivity index (χ1v) is 5.22. The van der Waals surface area contributed by atoms with Gasteiger partial charge in [0.05, 0.1) is 0 Å². The zero-order chi connectivity index (χ0) is 4.50. The van der Waals surface area contributed by atoms with E-state index >= 15 is 0 Å². The number of hydrogen-bond acceptors (Lipinski definition) is 2. The predicted molar refractivity (Wildman–Crippen MR) is 28.6 cm³/mol. The van der Waals surface area contributed by atoms with E-state index in [0.29, 0.717) is 0 Å². The molecule has 0 aliphatic carbocycles. The molecule has 3 nitrogen and oxygen atoms in total. The molecule has 0 aliphatic heterocycles. The topological polar surface area (TPSA) is 54.4 Å². The van der Waals surface area contributed by atoms with Crippen molar-refractivity contribution in [3.8, 4) is 0 Å². The Morgan fingerprint density at radius 3 is 1.50 bits per heavy atom. The second-order valence-corrected chi connectivity index (χ2v) is 5.29. The van der Waals surface area contributed by atoms with Gasteiger partial charge < -0.3 is 4.55 Å². The van der Waals surface area contributed by atoms with Crippen LogP contribution in [0.4, 0.5) is 0 Å². The molecule has 0 bridgehead atoms. The molecule has 0 saturated heterocycles. The molecule has 0 heterocycles. The summed E-state index contributed by atoms with van der Waals surface area (Å²) < 4.78 is 26.1. The summed E-state index contributed by atoms with van der Waals surface area (Å²) in [5, 5.41) is 0. The van der Waals surface area contributed by atoms with Gasteiger partial charge in [-0.15, -0.1) is 0 Å². The third-order valence-corrected chi connectivity index (χ3v) is 0. The van der Waals surface area contributed by atoms with E-state index in [9.17, 15) is 8.42 Å². The van der Waals surface area contributed by atoms with Crippen LogP contribution in [0.2, 0.25) is 0 Å². The summed E-state index contributed by atoms with van der Waals surface area (Å²) in [7, 11) is -3.53. The molecule has 1 N–H and O–H groups in total. The Hall–Kier alpha value is 1.70. The molecular formula is H5AlCaO3S. The van der Waals surface area contributed by atoms with Gasteiger partial charge in [-0.2, -0.15) is 0 Å². The zero-order valence-electron chi connectivity index (χ0n) is 2.67. The SMILES string of the molecule is O=[S](=O)(O)[AlH2].[CaH2]. The monoisotopic (exact) mass is 152 g/mol. The third-order valence-electron chi connectivity index (χ3n) is 0. The molecule has 0 rings (SSSR count). The summed E-state index contributed by atoms with van der Waals surface area (Å²) >= 11 is -0.164. The van der Waals surface area contributed by atoms with Gasteiger partial charge in [-0.1, -0.05) is 0 Å². The predicted octanol–water partition coefficient (Wildman–Crippen LogP) is -2.49. The molecule has 6 heavy (non-hydrogen) atoms. The van der Waals surface area contributed by atoms with Gasteiger partial charge in [0.25, 0.3) is 0 Å². The summed E-state index contributed by atoms with van der Waals surface area (Å²) in [4.78, 5) is 0. The number of hydrogen-bond donors (Lipinski definition) is 1. The normalized spacial score (nSPS) is 9.50. The fraction of sp³-hybridized carbons (Fsp3) is 0. The molecule has 0 aromatic carbocycles. The van der Waals surface area contributed by atoms with Crippen molar-refractivity contribution in [1.29, 1.82) is 0 Å². The first kappa shape index (κ1) is 10.6. The van der Waals surface area contributed by atoms with Crippen molar-refractivity contribution in [2.45, 2.75) is 0 Å². The Kier molecular flexibility index (Phi) is 6.51. The Labute approximate surface area is 73.3 Å². The van der Waals surface area contributed by atoms with Gasteiger partial charge in [-0.05, 0) is 0 Å². The van der Waals surface area contributed by atoms with Gasteiger partial charge >= 0.3 is 52.9 Å². The molecule has 0 aliphatic rings. The Morgan fingerprint density at radius 2 is 1.50 bits per heavy atom. The van der Waals surface area contributed by atoms with Gasteiger partial charge in [-0.3, -0.25) is 0 Å². The second-order valence-electron chi connectivity index (χ2n) is 0.733. The summed E-state index contributed by atoms with van der Waals surface area (Å²) in [6.45, 7) is 0. The number of rotatable bonds is 0. The molecule has 0 unspecified atom stereocenters. The van der Waals surface area contributed by atoms with E-state index in [-0.39, 0.29) is 52.9 Å². The van der Waals surface area contributed by atoms with E-state index in [1.54, 1.807) is 0 Å². The molecular weight excluding hydrogens is 147 g/mol. The van der Waals surface area contributed by atoms with E-state index in [2.05, 4.69) is 0 Å². The van der Waals surface area contributed by atoms with Gasteiger partial charge in [0.15, 0.2) is 0 Å². The fourth-order valence-corrected chi connectivity index (χ4v) is 0. The van der Waals surface area contributed by atoms with E-state index < -0.39 is 8.48 Å². The molecule has 0 radical (unpaired) electrons.